The molecule has 2 rings (SSSR count). The normalized spacial score (nSPS) is 20.6. The Hall–Kier alpha value is -1.07. The van der Waals surface area contributed by atoms with E-state index in [1.165, 1.54) is 5.56 Å². The van der Waals surface area contributed by atoms with Crippen molar-refractivity contribution in [2.75, 3.05) is 31.6 Å². The van der Waals surface area contributed by atoms with Crippen molar-refractivity contribution in [1.82, 2.24) is 4.90 Å². The summed E-state index contributed by atoms with van der Waals surface area (Å²) in [5.74, 6) is 0.108. The number of hydrogen-bond acceptors (Lipinski definition) is 3. The lowest BCUT2D eigenvalue weighted by atomic mass is 10.1. The van der Waals surface area contributed by atoms with E-state index in [1.54, 1.807) is 4.90 Å². The van der Waals surface area contributed by atoms with E-state index in [-0.39, 0.29) is 11.9 Å². The average molecular weight is 326 g/mol. The predicted molar refractivity (Wildman–Crippen MR) is 81.3 cm³/mol. The van der Waals surface area contributed by atoms with Gasteiger partial charge in [0.15, 0.2) is 0 Å². The maximum Gasteiger partial charge on any atom is 0.246 e. The van der Waals surface area contributed by atoms with Gasteiger partial charge < -0.3 is 15.5 Å². The molecule has 0 saturated carbocycles. The summed E-state index contributed by atoms with van der Waals surface area (Å²) in [7, 11) is 1.85. The molecule has 104 valence electrons. The van der Waals surface area contributed by atoms with Gasteiger partial charge in [-0.3, -0.25) is 4.79 Å². The molecule has 1 aliphatic rings. The number of likely N-dealkylation sites (N-methyl/N-ethyl adjacent to an activating group) is 1. The Morgan fingerprint density at radius 3 is 2.79 bits per heavy atom. The zero-order valence-electron chi connectivity index (χ0n) is 11.4. The topological polar surface area (TPSA) is 49.6 Å². The van der Waals surface area contributed by atoms with Crippen molar-refractivity contribution in [3.05, 3.63) is 28.2 Å². The highest BCUT2D eigenvalue weighted by molar-refractivity contribution is 9.10. The van der Waals surface area contributed by atoms with Gasteiger partial charge in [-0.05, 0) is 31.0 Å². The molecular formula is C14H20BrN3O. The van der Waals surface area contributed by atoms with Gasteiger partial charge in [0.2, 0.25) is 5.91 Å². The van der Waals surface area contributed by atoms with E-state index in [0.29, 0.717) is 6.54 Å². The van der Waals surface area contributed by atoms with Crippen LogP contribution in [0.1, 0.15) is 12.0 Å². The molecule has 0 aromatic heterocycles. The summed E-state index contributed by atoms with van der Waals surface area (Å²) < 4.78 is 1.06. The Bertz CT molecular complexity index is 478. The summed E-state index contributed by atoms with van der Waals surface area (Å²) in [5, 5.41) is 0. The van der Waals surface area contributed by atoms with Gasteiger partial charge in [-0.15, -0.1) is 0 Å². The number of hydrogen-bond donors (Lipinski definition) is 1. The second kappa shape index (κ2) is 5.92. The first-order valence-corrected chi connectivity index (χ1v) is 7.31. The van der Waals surface area contributed by atoms with Gasteiger partial charge in [-0.25, -0.2) is 0 Å². The number of rotatable bonds is 2. The van der Waals surface area contributed by atoms with Crippen LogP contribution >= 0.6 is 15.9 Å². The van der Waals surface area contributed by atoms with Gasteiger partial charge in [0.05, 0.1) is 0 Å². The lowest BCUT2D eigenvalue weighted by molar-refractivity contribution is -0.130. The fourth-order valence-corrected chi connectivity index (χ4v) is 2.80. The number of carbonyl (C=O) groups is 1. The second-order valence-corrected chi connectivity index (χ2v) is 5.85. The van der Waals surface area contributed by atoms with Crippen LogP contribution in [0.15, 0.2) is 22.7 Å². The molecule has 1 aromatic carbocycles. The van der Waals surface area contributed by atoms with Crippen LogP contribution < -0.4 is 10.6 Å². The van der Waals surface area contributed by atoms with Crippen LogP contribution in [-0.2, 0) is 4.79 Å². The molecular weight excluding hydrogens is 306 g/mol. The van der Waals surface area contributed by atoms with Gasteiger partial charge in [0, 0.05) is 36.8 Å². The zero-order valence-corrected chi connectivity index (χ0v) is 13.0. The fraction of sp³-hybridized carbons (Fsp3) is 0.500. The molecule has 2 N–H and O–H groups in total. The maximum absolute atomic E-state index is 12.3. The van der Waals surface area contributed by atoms with Gasteiger partial charge in [-0.1, -0.05) is 22.0 Å². The summed E-state index contributed by atoms with van der Waals surface area (Å²) in [6.07, 6.45) is 0.963. The molecule has 1 fully saturated rings. The highest BCUT2D eigenvalue weighted by Crippen LogP contribution is 2.26. The Morgan fingerprint density at radius 2 is 2.16 bits per heavy atom. The van der Waals surface area contributed by atoms with Crippen LogP contribution in [0.5, 0.6) is 0 Å². The standard InChI is InChI=1S/C14H20BrN3O/c1-10-4-5-11(8-12(10)15)18-7-3-6-17(2)14(19)13(18)9-16/h4-5,8,13H,3,6-7,9,16H2,1-2H3. The second-order valence-electron chi connectivity index (χ2n) is 4.99. The molecule has 1 aliphatic heterocycles. The molecule has 0 bridgehead atoms. The lowest BCUT2D eigenvalue weighted by Gasteiger charge is -2.31. The van der Waals surface area contributed by atoms with Crippen molar-refractivity contribution in [2.24, 2.45) is 5.73 Å². The van der Waals surface area contributed by atoms with Crippen molar-refractivity contribution >= 4 is 27.5 Å². The first-order valence-electron chi connectivity index (χ1n) is 6.52. The number of anilines is 1. The first kappa shape index (κ1) is 14.3. The van der Waals surface area contributed by atoms with E-state index in [0.717, 1.165) is 29.7 Å². The Morgan fingerprint density at radius 1 is 1.42 bits per heavy atom. The zero-order chi connectivity index (χ0) is 14.0. The molecule has 1 amide bonds. The third kappa shape index (κ3) is 2.92. The van der Waals surface area contributed by atoms with Crippen molar-refractivity contribution in [3.8, 4) is 0 Å². The van der Waals surface area contributed by atoms with E-state index in [2.05, 4.69) is 46.0 Å². The minimum atomic E-state index is -0.262. The highest BCUT2D eigenvalue weighted by Gasteiger charge is 2.30. The monoisotopic (exact) mass is 325 g/mol. The lowest BCUT2D eigenvalue weighted by Crippen LogP contribution is -2.49. The van der Waals surface area contributed by atoms with Crippen molar-refractivity contribution in [3.63, 3.8) is 0 Å². The van der Waals surface area contributed by atoms with Crippen LogP contribution in [0, 0.1) is 6.92 Å². The van der Waals surface area contributed by atoms with Crippen LogP contribution in [0.25, 0.3) is 0 Å². The largest absolute Gasteiger partial charge is 0.358 e. The van der Waals surface area contributed by atoms with Crippen LogP contribution in [0.4, 0.5) is 5.69 Å². The van der Waals surface area contributed by atoms with Gasteiger partial charge in [0.25, 0.3) is 0 Å². The van der Waals surface area contributed by atoms with E-state index >= 15 is 0 Å². The van der Waals surface area contributed by atoms with E-state index in [1.807, 2.05) is 7.05 Å². The summed E-state index contributed by atoms with van der Waals surface area (Å²) in [6, 6.07) is 5.92. The van der Waals surface area contributed by atoms with Crippen molar-refractivity contribution < 1.29 is 4.79 Å². The molecule has 0 aliphatic carbocycles. The Balaban J connectivity index is 2.34. The van der Waals surface area contributed by atoms with Gasteiger partial charge in [-0.2, -0.15) is 0 Å². The van der Waals surface area contributed by atoms with E-state index in [9.17, 15) is 4.79 Å². The Labute approximate surface area is 122 Å². The molecule has 1 saturated heterocycles. The number of nitrogens with zero attached hydrogens (tertiary/aromatic N) is 2. The average Bonchev–Trinajstić information content (AvgIpc) is 2.53. The SMILES string of the molecule is Cc1ccc(N2CCCN(C)C(=O)C2CN)cc1Br. The molecule has 4 nitrogen and oxygen atoms in total. The van der Waals surface area contributed by atoms with Crippen LogP contribution in [0.2, 0.25) is 0 Å². The number of amides is 1. The number of nitrogens with two attached hydrogens (primary N) is 1. The highest BCUT2D eigenvalue weighted by atomic mass is 79.9. The number of carbonyl (C=O) groups excluding carboxylic acids is 1. The van der Waals surface area contributed by atoms with Crippen molar-refractivity contribution in [1.29, 1.82) is 0 Å². The summed E-state index contributed by atoms with van der Waals surface area (Å²) >= 11 is 3.55. The molecule has 1 heterocycles. The summed E-state index contributed by atoms with van der Waals surface area (Å²) in [5.41, 5.74) is 8.06. The number of benzene rings is 1. The number of aryl methyl sites for hydroxylation is 1. The summed E-state index contributed by atoms with van der Waals surface area (Å²) in [6.45, 7) is 4.04. The first-order chi connectivity index (χ1) is 9.04. The predicted octanol–water partition coefficient (Wildman–Crippen LogP) is 1.75. The number of halogens is 1. The van der Waals surface area contributed by atoms with Gasteiger partial charge >= 0.3 is 0 Å². The van der Waals surface area contributed by atoms with Crippen molar-refractivity contribution in [2.45, 2.75) is 19.4 Å². The van der Waals surface area contributed by atoms with E-state index in [4.69, 9.17) is 5.73 Å². The molecule has 1 aromatic rings. The molecule has 1 unspecified atom stereocenters. The van der Waals surface area contributed by atoms with Gasteiger partial charge in [0.1, 0.15) is 6.04 Å². The van der Waals surface area contributed by atoms with E-state index < -0.39 is 0 Å². The molecule has 5 heteroatoms. The molecule has 0 radical (unpaired) electrons. The maximum atomic E-state index is 12.3. The molecule has 19 heavy (non-hydrogen) atoms. The third-order valence-corrected chi connectivity index (χ3v) is 4.49. The van der Waals surface area contributed by atoms with Crippen LogP contribution in [0.3, 0.4) is 0 Å². The fourth-order valence-electron chi connectivity index (χ4n) is 2.43. The molecule has 0 spiro atoms. The smallest absolute Gasteiger partial charge is 0.246 e. The third-order valence-electron chi connectivity index (χ3n) is 3.64. The quantitative estimate of drug-likeness (QED) is 0.901. The minimum Gasteiger partial charge on any atom is -0.358 e. The molecule has 1 atom stereocenters. The minimum absolute atomic E-state index is 0.108. The summed E-state index contributed by atoms with van der Waals surface area (Å²) in [4.78, 5) is 16.2. The van der Waals surface area contributed by atoms with Crippen LogP contribution in [-0.4, -0.2) is 43.5 Å². The Kier molecular flexibility index (Phi) is 4.47.